The number of amides is 1. The number of carbonyl (C=O) groups excluding carboxylic acids is 2. The van der Waals surface area contributed by atoms with E-state index < -0.39 is 23.2 Å². The van der Waals surface area contributed by atoms with E-state index in [9.17, 15) is 9.59 Å². The van der Waals surface area contributed by atoms with Crippen LogP contribution in [-0.2, 0) is 14.3 Å². The minimum absolute atomic E-state index is 0.202. The fourth-order valence-corrected chi connectivity index (χ4v) is 2.40. The lowest BCUT2D eigenvalue weighted by molar-refractivity contribution is -0.156. The van der Waals surface area contributed by atoms with Gasteiger partial charge in [-0.25, -0.2) is 4.79 Å². The van der Waals surface area contributed by atoms with Crippen LogP contribution in [0.25, 0.3) is 0 Å². The van der Waals surface area contributed by atoms with E-state index in [1.807, 2.05) is 52.0 Å². The molecule has 0 fully saturated rings. The van der Waals surface area contributed by atoms with E-state index >= 15 is 0 Å². The lowest BCUT2D eigenvalue weighted by Crippen LogP contribution is -2.37. The van der Waals surface area contributed by atoms with Crippen LogP contribution >= 0.6 is 0 Å². The molecule has 26 heavy (non-hydrogen) atoms. The summed E-state index contributed by atoms with van der Waals surface area (Å²) in [5.41, 5.74) is 0.331. The molecule has 0 bridgehead atoms. The summed E-state index contributed by atoms with van der Waals surface area (Å²) in [5, 5.41) is 2.70. The molecule has 0 spiro atoms. The van der Waals surface area contributed by atoms with Gasteiger partial charge in [-0.1, -0.05) is 31.2 Å². The molecule has 1 atom stereocenters. The molecule has 1 aromatic rings. The molecule has 0 heterocycles. The summed E-state index contributed by atoms with van der Waals surface area (Å²) < 4.78 is 10.8. The average Bonchev–Trinajstić information content (AvgIpc) is 2.44. The molecule has 1 rings (SSSR count). The van der Waals surface area contributed by atoms with E-state index in [0.29, 0.717) is 0 Å². The van der Waals surface area contributed by atoms with Crippen LogP contribution in [0.4, 0.5) is 4.79 Å². The number of nitrogens with one attached hydrogen (secondary N) is 1. The molecule has 1 unspecified atom stereocenters. The maximum atomic E-state index is 12.8. The second kappa shape index (κ2) is 8.56. The maximum absolute atomic E-state index is 12.8. The van der Waals surface area contributed by atoms with Gasteiger partial charge in [0.1, 0.15) is 11.2 Å². The molecule has 1 N–H and O–H groups in total. The number of alkyl carbamates (subject to hydrolysis) is 1. The Kier molecular flexibility index (Phi) is 7.25. The van der Waals surface area contributed by atoms with Gasteiger partial charge in [0.2, 0.25) is 0 Å². The van der Waals surface area contributed by atoms with E-state index in [2.05, 4.69) is 12.2 Å². The second-order valence-electron chi connectivity index (χ2n) is 8.37. The molecule has 0 aliphatic rings. The van der Waals surface area contributed by atoms with Gasteiger partial charge in [0.05, 0.1) is 5.92 Å². The van der Waals surface area contributed by atoms with Crippen LogP contribution in [0, 0.1) is 12.8 Å². The van der Waals surface area contributed by atoms with Crippen molar-refractivity contribution >= 4 is 12.1 Å². The Morgan fingerprint density at radius 2 is 1.58 bits per heavy atom. The van der Waals surface area contributed by atoms with Gasteiger partial charge in [0, 0.05) is 12.5 Å². The first-order chi connectivity index (χ1) is 11.8. The third-order valence-corrected chi connectivity index (χ3v) is 3.41. The zero-order valence-electron chi connectivity index (χ0n) is 16.9. The molecule has 5 nitrogen and oxygen atoms in total. The Hall–Kier alpha value is -2.04. The summed E-state index contributed by atoms with van der Waals surface area (Å²) in [5.74, 6) is -0.226. The Morgan fingerprint density at radius 1 is 1.04 bits per heavy atom. The number of benzene rings is 1. The van der Waals surface area contributed by atoms with Crippen LogP contribution in [-0.4, -0.2) is 29.8 Å². The molecule has 2 radical (unpaired) electrons. The standard InChI is InChI=1S/C21H31NO4/c1-14-11-9-10-12-16(14)17(18(23)25-20(3,4)5)15(2)13-22-19(24)26-21(6,7)8/h9-12,17H,1,13H2,2-8H3,(H,22,24). The van der Waals surface area contributed by atoms with Crippen molar-refractivity contribution in [2.75, 3.05) is 6.54 Å². The van der Waals surface area contributed by atoms with Gasteiger partial charge >= 0.3 is 12.1 Å². The molecular weight excluding hydrogens is 330 g/mol. The monoisotopic (exact) mass is 361 g/mol. The number of hydrogen-bond donors (Lipinski definition) is 1. The fraction of sp³-hybridized carbons (Fsp3) is 0.524. The molecule has 144 valence electrons. The van der Waals surface area contributed by atoms with Crippen molar-refractivity contribution in [3.05, 3.63) is 48.2 Å². The first-order valence-electron chi connectivity index (χ1n) is 8.73. The Morgan fingerprint density at radius 3 is 2.08 bits per heavy atom. The summed E-state index contributed by atoms with van der Waals surface area (Å²) in [6.07, 6.45) is -0.525. The number of carbonyl (C=O) groups is 2. The Balaban J connectivity index is 2.96. The molecule has 0 aliphatic carbocycles. The maximum Gasteiger partial charge on any atom is 0.407 e. The SMILES string of the molecule is [CH2]c1ccccc1C([C](C)CNC(=O)OC(C)(C)C)C(=O)OC(C)(C)C. The van der Waals surface area contributed by atoms with E-state index in [1.54, 1.807) is 20.8 Å². The van der Waals surface area contributed by atoms with Gasteiger partial charge in [-0.15, -0.1) is 0 Å². The van der Waals surface area contributed by atoms with Gasteiger partial charge in [0.25, 0.3) is 0 Å². The first kappa shape index (κ1) is 22.0. The summed E-state index contributed by atoms with van der Waals surface area (Å²) in [7, 11) is 0. The van der Waals surface area contributed by atoms with Gasteiger partial charge < -0.3 is 14.8 Å². The van der Waals surface area contributed by atoms with Crippen LogP contribution in [0.2, 0.25) is 0 Å². The number of ether oxygens (including phenoxy) is 2. The third kappa shape index (κ3) is 7.46. The summed E-state index contributed by atoms with van der Waals surface area (Å²) >= 11 is 0. The lowest BCUT2D eigenvalue weighted by atomic mass is 9.84. The van der Waals surface area contributed by atoms with Crippen molar-refractivity contribution in [3.63, 3.8) is 0 Å². The number of hydrogen-bond acceptors (Lipinski definition) is 4. The van der Waals surface area contributed by atoms with Crippen molar-refractivity contribution in [2.24, 2.45) is 0 Å². The molecule has 0 saturated heterocycles. The first-order valence-corrected chi connectivity index (χ1v) is 8.73. The van der Waals surface area contributed by atoms with Crippen LogP contribution in [0.1, 0.15) is 65.5 Å². The van der Waals surface area contributed by atoms with Crippen LogP contribution in [0.5, 0.6) is 0 Å². The van der Waals surface area contributed by atoms with E-state index in [1.165, 1.54) is 0 Å². The fourth-order valence-electron chi connectivity index (χ4n) is 2.40. The predicted octanol–water partition coefficient (Wildman–Crippen LogP) is 4.41. The van der Waals surface area contributed by atoms with Gasteiger partial charge in [-0.3, -0.25) is 4.79 Å². The van der Waals surface area contributed by atoms with Gasteiger partial charge in [-0.05, 0) is 59.6 Å². The second-order valence-corrected chi connectivity index (χ2v) is 8.37. The molecule has 5 heteroatoms. The number of esters is 1. The molecular formula is C21H31NO4. The van der Waals surface area contributed by atoms with Gasteiger partial charge in [0.15, 0.2) is 0 Å². The summed E-state index contributed by atoms with van der Waals surface area (Å²) in [4.78, 5) is 24.7. The van der Waals surface area contributed by atoms with Crippen LogP contribution in [0.15, 0.2) is 24.3 Å². The van der Waals surface area contributed by atoms with Crippen LogP contribution in [0.3, 0.4) is 0 Å². The van der Waals surface area contributed by atoms with E-state index in [0.717, 1.165) is 17.0 Å². The Labute approximate surface area is 157 Å². The van der Waals surface area contributed by atoms with Crippen molar-refractivity contribution in [3.8, 4) is 0 Å². The molecule has 0 aromatic heterocycles. The highest BCUT2D eigenvalue weighted by molar-refractivity contribution is 5.82. The smallest absolute Gasteiger partial charge is 0.407 e. The minimum atomic E-state index is -0.613. The van der Waals surface area contributed by atoms with Gasteiger partial charge in [-0.2, -0.15) is 0 Å². The molecule has 0 saturated carbocycles. The summed E-state index contributed by atoms with van der Waals surface area (Å²) in [6, 6.07) is 7.43. The molecule has 1 amide bonds. The Bertz CT molecular complexity index is 626. The third-order valence-electron chi connectivity index (χ3n) is 3.41. The quantitative estimate of drug-likeness (QED) is 0.789. The zero-order valence-corrected chi connectivity index (χ0v) is 16.9. The number of rotatable bonds is 5. The largest absolute Gasteiger partial charge is 0.459 e. The highest BCUT2D eigenvalue weighted by Gasteiger charge is 2.33. The lowest BCUT2D eigenvalue weighted by Gasteiger charge is -2.28. The van der Waals surface area contributed by atoms with E-state index in [4.69, 9.17) is 9.47 Å². The minimum Gasteiger partial charge on any atom is -0.459 e. The summed E-state index contributed by atoms with van der Waals surface area (Å²) in [6.45, 7) is 16.9. The van der Waals surface area contributed by atoms with E-state index in [-0.39, 0.29) is 12.5 Å². The molecule has 0 aliphatic heterocycles. The topological polar surface area (TPSA) is 64.6 Å². The van der Waals surface area contributed by atoms with Crippen molar-refractivity contribution in [1.82, 2.24) is 5.32 Å². The highest BCUT2D eigenvalue weighted by atomic mass is 16.6. The van der Waals surface area contributed by atoms with Crippen molar-refractivity contribution in [1.29, 1.82) is 0 Å². The molecule has 1 aromatic carbocycles. The van der Waals surface area contributed by atoms with Crippen molar-refractivity contribution in [2.45, 2.75) is 65.6 Å². The predicted molar refractivity (Wildman–Crippen MR) is 103 cm³/mol. The van der Waals surface area contributed by atoms with Crippen LogP contribution < -0.4 is 5.32 Å². The average molecular weight is 361 g/mol. The highest BCUT2D eigenvalue weighted by Crippen LogP contribution is 2.31. The zero-order chi connectivity index (χ0) is 20.1. The van der Waals surface area contributed by atoms with Crippen molar-refractivity contribution < 1.29 is 19.1 Å². The normalized spacial score (nSPS) is 13.3.